The molecule has 0 aliphatic heterocycles. The lowest BCUT2D eigenvalue weighted by molar-refractivity contribution is 0.0809. The van der Waals surface area contributed by atoms with Gasteiger partial charge in [-0.25, -0.2) is 46.1 Å². The van der Waals surface area contributed by atoms with Crippen LogP contribution in [0.3, 0.4) is 0 Å². The fraction of sp³-hybridized carbons (Fsp3) is 0.706. The molecule has 0 amide bonds. The van der Waals surface area contributed by atoms with Crippen molar-refractivity contribution in [3.63, 3.8) is 0 Å². The van der Waals surface area contributed by atoms with Crippen molar-refractivity contribution in [3.8, 4) is 0 Å². The standard InChI is InChI=1S/C17H28BrN5O4SSi.C11H16BrClN4OSi.C6H13NO3S/c1-28(25,26)11-7-12(13(24)8-11)21-16-14-15(18)22-23(17(14)20-9-19-16)10-27-5-6-29(2,3)4;1-19(2,3)5-4-18-7-17-11-8(9(12)16-17)10(13)14-6-15-11;1-11(9,10)4-2-5(7)6(8)3-4/h9,11-13,24H,5-8,10H2,1-4H3,(H,19,20,21);6H,4-5,7H2,1-3H3;4-6,8H,2-3,7H2,1H3/t11-,12?,13-;;4-,5-,6-/m1.1/s1. The molecule has 0 spiro atoms. The van der Waals surface area contributed by atoms with Gasteiger partial charge in [0.1, 0.15) is 66.0 Å². The van der Waals surface area contributed by atoms with Crippen molar-refractivity contribution in [2.24, 2.45) is 5.73 Å². The van der Waals surface area contributed by atoms with E-state index in [4.69, 9.17) is 31.9 Å². The number of aromatic nitrogens is 8. The largest absolute Gasteiger partial charge is 0.391 e. The quantitative estimate of drug-likeness (QED) is 0.0760. The van der Waals surface area contributed by atoms with Crippen molar-refractivity contribution >= 4 is 107 Å². The van der Waals surface area contributed by atoms with Crippen LogP contribution in [0.4, 0.5) is 5.82 Å². The molecule has 2 aliphatic carbocycles. The van der Waals surface area contributed by atoms with E-state index in [-0.39, 0.29) is 19.2 Å². The fourth-order valence-electron chi connectivity index (χ4n) is 6.25. The Hall–Kier alpha value is -1.72. The Morgan fingerprint density at radius 2 is 1.22 bits per heavy atom. The second-order valence-corrected chi connectivity index (χ2v) is 35.2. The zero-order valence-electron chi connectivity index (χ0n) is 34.6. The van der Waals surface area contributed by atoms with Crippen molar-refractivity contribution in [1.82, 2.24) is 39.5 Å². The maximum absolute atomic E-state index is 11.8. The van der Waals surface area contributed by atoms with E-state index in [2.05, 4.69) is 107 Å². The van der Waals surface area contributed by atoms with Crippen molar-refractivity contribution in [2.45, 2.75) is 125 Å². The molecule has 0 bridgehead atoms. The van der Waals surface area contributed by atoms with Crippen molar-refractivity contribution in [3.05, 3.63) is 27.0 Å². The van der Waals surface area contributed by atoms with Gasteiger partial charge in [-0.05, 0) is 69.6 Å². The summed E-state index contributed by atoms with van der Waals surface area (Å²) in [6.45, 7) is 15.9. The Balaban J connectivity index is 0.000000219. The van der Waals surface area contributed by atoms with Gasteiger partial charge in [-0.1, -0.05) is 50.9 Å². The number of ether oxygens (including phenoxy) is 2. The van der Waals surface area contributed by atoms with Gasteiger partial charge in [-0.15, -0.1) is 0 Å². The van der Waals surface area contributed by atoms with Crippen molar-refractivity contribution < 1.29 is 36.5 Å². The summed E-state index contributed by atoms with van der Waals surface area (Å²) < 4.78 is 61.6. The normalized spacial score (nSPS) is 22.6. The molecule has 2 aliphatic rings. The van der Waals surface area contributed by atoms with Crippen LogP contribution < -0.4 is 11.1 Å². The Morgan fingerprint density at radius 1 is 0.763 bits per heavy atom. The molecule has 59 heavy (non-hydrogen) atoms. The molecule has 5 N–H and O–H groups in total. The zero-order valence-corrected chi connectivity index (χ0v) is 42.2. The first-order valence-electron chi connectivity index (χ1n) is 19.1. The number of fused-ring (bicyclic) bond motifs is 2. The lowest BCUT2D eigenvalue weighted by Gasteiger charge is -2.17. The summed E-state index contributed by atoms with van der Waals surface area (Å²) in [5.74, 6) is 0.508. The summed E-state index contributed by atoms with van der Waals surface area (Å²) in [7, 11) is -8.44. The SMILES string of the molecule is CS(=O)(=O)[C@@H]1C[C@@H](N)[C@H](O)C1.C[Si](C)(C)CCOCn1nc(Br)c2c(Cl)ncnc21.C[Si](C)(C)CCOCn1nc(Br)c2c(NC3C[C@@H](S(C)(=O)=O)C[C@H]3O)ncnc21. The van der Waals surface area contributed by atoms with Crippen LogP contribution in [0.25, 0.3) is 22.1 Å². The molecule has 2 saturated carbocycles. The molecule has 0 saturated heterocycles. The molecule has 0 aromatic carbocycles. The summed E-state index contributed by atoms with van der Waals surface area (Å²) in [6.07, 6.45) is 5.06. The molecule has 4 aromatic heterocycles. The second-order valence-electron chi connectivity index (χ2n) is 17.5. The third kappa shape index (κ3) is 14.7. The average molecular weight is 1050 g/mol. The van der Waals surface area contributed by atoms with Crippen LogP contribution in [0.2, 0.25) is 56.5 Å². The molecule has 18 nitrogen and oxygen atoms in total. The topological polar surface area (TPSA) is 252 Å². The summed E-state index contributed by atoms with van der Waals surface area (Å²) in [4.78, 5) is 16.8. The van der Waals surface area contributed by atoms with Crippen LogP contribution in [0.5, 0.6) is 0 Å². The molecule has 4 heterocycles. The monoisotopic (exact) mass is 1050 g/mol. The summed E-state index contributed by atoms with van der Waals surface area (Å²) >= 11 is 12.8. The Morgan fingerprint density at radius 3 is 1.66 bits per heavy atom. The number of sulfone groups is 2. The Bertz CT molecular complexity index is 2250. The number of aliphatic hydroxyl groups excluding tert-OH is 2. The molecule has 6 rings (SSSR count). The number of hydrogen-bond acceptors (Lipinski definition) is 16. The smallest absolute Gasteiger partial charge is 0.166 e. The highest BCUT2D eigenvalue weighted by Crippen LogP contribution is 2.33. The minimum Gasteiger partial charge on any atom is -0.391 e. The van der Waals surface area contributed by atoms with Gasteiger partial charge in [0, 0.05) is 47.9 Å². The molecule has 332 valence electrons. The van der Waals surface area contributed by atoms with E-state index in [0.29, 0.717) is 69.5 Å². The summed E-state index contributed by atoms with van der Waals surface area (Å²) in [5.41, 5.74) is 6.74. The van der Waals surface area contributed by atoms with E-state index >= 15 is 0 Å². The number of hydrogen-bond donors (Lipinski definition) is 4. The number of anilines is 1. The van der Waals surface area contributed by atoms with Crippen molar-refractivity contribution in [1.29, 1.82) is 0 Å². The van der Waals surface area contributed by atoms with E-state index in [1.807, 2.05) is 0 Å². The maximum Gasteiger partial charge on any atom is 0.166 e. The van der Waals surface area contributed by atoms with E-state index < -0.39 is 64.6 Å². The average Bonchev–Trinajstić information content (AvgIpc) is 3.85. The van der Waals surface area contributed by atoms with Gasteiger partial charge in [-0.2, -0.15) is 10.2 Å². The van der Waals surface area contributed by atoms with Gasteiger partial charge in [-0.3, -0.25) is 0 Å². The third-order valence-electron chi connectivity index (χ3n) is 9.90. The van der Waals surface area contributed by atoms with E-state index in [0.717, 1.165) is 24.1 Å². The molecular formula is C34H57Br2ClN10O8S2Si2. The van der Waals surface area contributed by atoms with Gasteiger partial charge < -0.3 is 30.7 Å². The maximum atomic E-state index is 11.8. The Labute approximate surface area is 369 Å². The van der Waals surface area contributed by atoms with Crippen LogP contribution in [-0.4, -0.2) is 143 Å². The molecule has 25 heteroatoms. The van der Waals surface area contributed by atoms with E-state index in [1.54, 1.807) is 9.36 Å². The number of nitrogens with two attached hydrogens (primary N) is 1. The van der Waals surface area contributed by atoms with Gasteiger partial charge in [0.05, 0.1) is 39.5 Å². The highest BCUT2D eigenvalue weighted by Gasteiger charge is 2.39. The zero-order chi connectivity index (χ0) is 44.1. The number of nitrogens with zero attached hydrogens (tertiary/aromatic N) is 8. The minimum atomic E-state index is -3.20. The Kier molecular flexibility index (Phi) is 17.5. The van der Waals surface area contributed by atoms with Crippen LogP contribution in [0, 0.1) is 0 Å². The first kappa shape index (κ1) is 49.9. The summed E-state index contributed by atoms with van der Waals surface area (Å²) in [5, 5.41) is 32.2. The molecule has 1 unspecified atom stereocenters. The lowest BCUT2D eigenvalue weighted by Crippen LogP contribution is -2.28. The summed E-state index contributed by atoms with van der Waals surface area (Å²) in [6, 6.07) is 1.42. The lowest BCUT2D eigenvalue weighted by atomic mass is 10.2. The highest BCUT2D eigenvalue weighted by molar-refractivity contribution is 9.10. The van der Waals surface area contributed by atoms with Crippen LogP contribution >= 0.6 is 43.5 Å². The van der Waals surface area contributed by atoms with Crippen LogP contribution in [-0.2, 0) is 42.6 Å². The van der Waals surface area contributed by atoms with E-state index in [9.17, 15) is 21.9 Å². The minimum absolute atomic E-state index is 0.218. The number of halogens is 3. The highest BCUT2D eigenvalue weighted by atomic mass is 79.9. The molecule has 0 radical (unpaired) electrons. The van der Waals surface area contributed by atoms with Gasteiger partial charge in [0.25, 0.3) is 0 Å². The number of nitrogens with one attached hydrogen (secondary N) is 1. The predicted molar refractivity (Wildman–Crippen MR) is 242 cm³/mol. The third-order valence-corrected chi connectivity index (χ3v) is 17.9. The van der Waals surface area contributed by atoms with Crippen LogP contribution in [0.1, 0.15) is 25.7 Å². The van der Waals surface area contributed by atoms with Crippen molar-refractivity contribution in [2.75, 3.05) is 31.0 Å². The van der Waals surface area contributed by atoms with Gasteiger partial charge >= 0.3 is 0 Å². The molecule has 6 atom stereocenters. The van der Waals surface area contributed by atoms with E-state index in [1.165, 1.54) is 25.2 Å². The second kappa shape index (κ2) is 20.6. The molecule has 2 fully saturated rings. The van der Waals surface area contributed by atoms with Gasteiger partial charge in [0.15, 0.2) is 11.3 Å². The first-order chi connectivity index (χ1) is 27.2. The van der Waals surface area contributed by atoms with Crippen LogP contribution in [0.15, 0.2) is 21.9 Å². The number of aliphatic hydroxyl groups is 2. The van der Waals surface area contributed by atoms with Gasteiger partial charge in [0.2, 0.25) is 0 Å². The molecule has 4 aromatic rings. The first-order valence-corrected chi connectivity index (χ1v) is 32.3. The molecular weight excluding hydrogens is 992 g/mol. The predicted octanol–water partition coefficient (Wildman–Crippen LogP) is 4.69. The number of rotatable bonds is 14. The fourth-order valence-corrected chi connectivity index (χ4v) is 11.4.